The Morgan fingerprint density at radius 2 is 2.00 bits per heavy atom. The zero-order chi connectivity index (χ0) is 15.9. The molecular formula is C15H19F3N2O. The quantitative estimate of drug-likeness (QED) is 0.773. The lowest BCUT2D eigenvalue weighted by Crippen LogP contribution is -2.13. The van der Waals surface area contributed by atoms with Crippen LogP contribution < -0.4 is 5.32 Å². The number of halogens is 3. The summed E-state index contributed by atoms with van der Waals surface area (Å²) in [6, 6.07) is 5.13. The second-order valence-electron chi connectivity index (χ2n) is 5.09. The largest absolute Gasteiger partial charge is 0.417 e. The number of nitriles is 1. The fraction of sp³-hybridized carbons (Fsp3) is 0.533. The number of nitrogens with one attached hydrogen (secondary N) is 1. The summed E-state index contributed by atoms with van der Waals surface area (Å²) in [6.07, 6.45) is -3.58. The standard InChI is InChI=1S/C15H19F3N2O/c1-11(2)5-7-21-8-6-20-13-4-3-12(10-19)14(9-13)15(16,17)18/h3-4,9,11,20H,5-8H2,1-2H3. The summed E-state index contributed by atoms with van der Waals surface area (Å²) in [6.45, 7) is 5.67. The molecule has 0 unspecified atom stereocenters. The molecule has 0 spiro atoms. The minimum Gasteiger partial charge on any atom is -0.383 e. The van der Waals surface area contributed by atoms with Gasteiger partial charge in [0, 0.05) is 18.8 Å². The molecule has 1 aromatic rings. The average molecular weight is 300 g/mol. The van der Waals surface area contributed by atoms with Crippen molar-refractivity contribution in [2.24, 2.45) is 5.92 Å². The summed E-state index contributed by atoms with van der Waals surface area (Å²) in [4.78, 5) is 0. The molecule has 6 heteroatoms. The highest BCUT2D eigenvalue weighted by atomic mass is 19.4. The van der Waals surface area contributed by atoms with Crippen molar-refractivity contribution in [3.05, 3.63) is 29.3 Å². The number of alkyl halides is 3. The van der Waals surface area contributed by atoms with Gasteiger partial charge in [0.15, 0.2) is 0 Å². The molecule has 116 valence electrons. The van der Waals surface area contributed by atoms with E-state index in [4.69, 9.17) is 10.00 Å². The van der Waals surface area contributed by atoms with Crippen LogP contribution in [-0.4, -0.2) is 19.8 Å². The highest BCUT2D eigenvalue weighted by molar-refractivity contribution is 5.53. The maximum absolute atomic E-state index is 12.8. The van der Waals surface area contributed by atoms with Gasteiger partial charge in [0.25, 0.3) is 0 Å². The van der Waals surface area contributed by atoms with Crippen molar-refractivity contribution >= 4 is 5.69 Å². The summed E-state index contributed by atoms with van der Waals surface area (Å²) < 4.78 is 43.7. The van der Waals surface area contributed by atoms with Gasteiger partial charge in [-0.05, 0) is 30.5 Å². The lowest BCUT2D eigenvalue weighted by Gasteiger charge is -2.12. The molecule has 0 aliphatic heterocycles. The Morgan fingerprint density at radius 3 is 2.57 bits per heavy atom. The van der Waals surface area contributed by atoms with E-state index < -0.39 is 11.7 Å². The maximum atomic E-state index is 12.8. The summed E-state index contributed by atoms with van der Waals surface area (Å²) in [5.74, 6) is 0.561. The van der Waals surface area contributed by atoms with E-state index >= 15 is 0 Å². The van der Waals surface area contributed by atoms with Gasteiger partial charge in [-0.1, -0.05) is 13.8 Å². The summed E-state index contributed by atoms with van der Waals surface area (Å²) >= 11 is 0. The Hall–Kier alpha value is -1.74. The molecule has 0 aromatic heterocycles. The van der Waals surface area contributed by atoms with E-state index in [0.29, 0.717) is 31.4 Å². The number of hydrogen-bond donors (Lipinski definition) is 1. The zero-order valence-corrected chi connectivity index (χ0v) is 12.1. The molecule has 21 heavy (non-hydrogen) atoms. The molecule has 0 bridgehead atoms. The van der Waals surface area contributed by atoms with Crippen LogP contribution in [0.25, 0.3) is 0 Å². The topological polar surface area (TPSA) is 45.0 Å². The maximum Gasteiger partial charge on any atom is 0.417 e. The molecule has 0 fully saturated rings. The van der Waals surface area contributed by atoms with Crippen LogP contribution in [0.5, 0.6) is 0 Å². The predicted molar refractivity (Wildman–Crippen MR) is 74.9 cm³/mol. The van der Waals surface area contributed by atoms with Gasteiger partial charge in [0.05, 0.1) is 23.8 Å². The Morgan fingerprint density at radius 1 is 1.29 bits per heavy atom. The summed E-state index contributed by atoms with van der Waals surface area (Å²) in [5.41, 5.74) is -0.967. The number of rotatable bonds is 7. The molecular weight excluding hydrogens is 281 g/mol. The molecule has 3 nitrogen and oxygen atoms in total. The average Bonchev–Trinajstić information content (AvgIpc) is 2.41. The van der Waals surface area contributed by atoms with Gasteiger partial charge >= 0.3 is 6.18 Å². The molecule has 1 N–H and O–H groups in total. The first-order chi connectivity index (χ1) is 9.84. The molecule has 0 heterocycles. The molecule has 0 atom stereocenters. The van der Waals surface area contributed by atoms with Crippen LogP contribution >= 0.6 is 0 Å². The van der Waals surface area contributed by atoms with Crippen LogP contribution in [0.4, 0.5) is 18.9 Å². The number of hydrogen-bond acceptors (Lipinski definition) is 3. The van der Waals surface area contributed by atoms with E-state index in [0.717, 1.165) is 12.5 Å². The predicted octanol–water partition coefficient (Wildman–Crippen LogP) is 4.05. The van der Waals surface area contributed by atoms with E-state index in [9.17, 15) is 13.2 Å². The number of anilines is 1. The van der Waals surface area contributed by atoms with Crippen molar-refractivity contribution < 1.29 is 17.9 Å². The Balaban J connectivity index is 2.52. The van der Waals surface area contributed by atoms with Crippen LogP contribution in [0.2, 0.25) is 0 Å². The third-order valence-corrected chi connectivity index (χ3v) is 2.86. The molecule has 0 saturated heterocycles. The van der Waals surface area contributed by atoms with Crippen LogP contribution in [0.1, 0.15) is 31.4 Å². The van der Waals surface area contributed by atoms with E-state index in [1.54, 1.807) is 6.07 Å². The van der Waals surface area contributed by atoms with Crippen molar-refractivity contribution in [3.63, 3.8) is 0 Å². The van der Waals surface area contributed by atoms with Crippen molar-refractivity contribution in [2.75, 3.05) is 25.1 Å². The van der Waals surface area contributed by atoms with Gasteiger partial charge in [0.2, 0.25) is 0 Å². The minimum atomic E-state index is -4.53. The second kappa shape index (κ2) is 7.89. The Bertz CT molecular complexity index is 493. The van der Waals surface area contributed by atoms with Gasteiger partial charge in [-0.3, -0.25) is 0 Å². The van der Waals surface area contributed by atoms with Crippen molar-refractivity contribution in [2.45, 2.75) is 26.4 Å². The highest BCUT2D eigenvalue weighted by Crippen LogP contribution is 2.33. The summed E-state index contributed by atoms with van der Waals surface area (Å²) in [5, 5.41) is 11.6. The second-order valence-corrected chi connectivity index (χ2v) is 5.09. The van der Waals surface area contributed by atoms with Crippen LogP contribution in [0, 0.1) is 17.2 Å². The minimum absolute atomic E-state index is 0.328. The van der Waals surface area contributed by atoms with Gasteiger partial charge in [-0.15, -0.1) is 0 Å². The van der Waals surface area contributed by atoms with Gasteiger partial charge in [-0.25, -0.2) is 0 Å². The molecule has 0 saturated carbocycles. The number of nitrogens with zero attached hydrogens (tertiary/aromatic N) is 1. The Labute approximate surface area is 122 Å². The number of benzene rings is 1. The smallest absolute Gasteiger partial charge is 0.383 e. The van der Waals surface area contributed by atoms with E-state index in [-0.39, 0.29) is 5.56 Å². The van der Waals surface area contributed by atoms with Gasteiger partial charge in [-0.2, -0.15) is 18.4 Å². The monoisotopic (exact) mass is 300 g/mol. The highest BCUT2D eigenvalue weighted by Gasteiger charge is 2.33. The third kappa shape index (κ3) is 6.05. The third-order valence-electron chi connectivity index (χ3n) is 2.86. The van der Waals surface area contributed by atoms with Crippen molar-refractivity contribution in [1.82, 2.24) is 0 Å². The van der Waals surface area contributed by atoms with E-state index in [1.165, 1.54) is 12.1 Å². The fourth-order valence-corrected chi connectivity index (χ4v) is 1.67. The van der Waals surface area contributed by atoms with E-state index in [2.05, 4.69) is 19.2 Å². The lowest BCUT2D eigenvalue weighted by molar-refractivity contribution is -0.137. The first-order valence-corrected chi connectivity index (χ1v) is 6.77. The first kappa shape index (κ1) is 17.3. The van der Waals surface area contributed by atoms with Crippen LogP contribution in [0.3, 0.4) is 0 Å². The normalized spacial score (nSPS) is 11.5. The van der Waals surface area contributed by atoms with Gasteiger partial charge < -0.3 is 10.1 Å². The zero-order valence-electron chi connectivity index (χ0n) is 12.1. The van der Waals surface area contributed by atoms with Gasteiger partial charge in [0.1, 0.15) is 0 Å². The first-order valence-electron chi connectivity index (χ1n) is 6.77. The fourth-order valence-electron chi connectivity index (χ4n) is 1.67. The molecule has 0 amide bonds. The van der Waals surface area contributed by atoms with Crippen LogP contribution in [0.15, 0.2) is 18.2 Å². The lowest BCUT2D eigenvalue weighted by atomic mass is 10.1. The SMILES string of the molecule is CC(C)CCOCCNc1ccc(C#N)c(C(F)(F)F)c1. The molecule has 1 aromatic carbocycles. The van der Waals surface area contributed by atoms with Crippen molar-refractivity contribution in [1.29, 1.82) is 5.26 Å². The van der Waals surface area contributed by atoms with E-state index in [1.807, 2.05) is 0 Å². The molecule has 1 rings (SSSR count). The molecule has 0 radical (unpaired) electrons. The molecule has 0 aliphatic rings. The summed E-state index contributed by atoms with van der Waals surface area (Å²) in [7, 11) is 0. The van der Waals surface area contributed by atoms with Crippen LogP contribution in [-0.2, 0) is 10.9 Å². The Kier molecular flexibility index (Phi) is 6.50. The van der Waals surface area contributed by atoms with Crippen molar-refractivity contribution in [3.8, 4) is 6.07 Å². The number of ether oxygens (including phenoxy) is 1. The molecule has 0 aliphatic carbocycles.